The predicted octanol–water partition coefficient (Wildman–Crippen LogP) is 5.12. The van der Waals surface area contributed by atoms with Gasteiger partial charge in [-0.2, -0.15) is 0 Å². The Bertz CT molecular complexity index is 1600. The van der Waals surface area contributed by atoms with Crippen LogP contribution in [-0.4, -0.2) is 43.8 Å². The Labute approximate surface area is 233 Å². The molecule has 0 saturated heterocycles. The second-order valence-electron chi connectivity index (χ2n) is 9.66. The normalized spacial score (nSPS) is 12.1. The lowest BCUT2D eigenvalue weighted by Crippen LogP contribution is -2.32. The molecule has 0 aliphatic heterocycles. The first-order valence-electron chi connectivity index (χ1n) is 13.5. The van der Waals surface area contributed by atoms with Crippen molar-refractivity contribution in [3.8, 4) is 11.5 Å². The Balaban J connectivity index is 1.51. The van der Waals surface area contributed by atoms with Crippen LogP contribution >= 0.6 is 0 Å². The number of nitrogens with one attached hydrogen (secondary N) is 1. The molecule has 1 unspecified atom stereocenters. The Morgan fingerprint density at radius 3 is 2.42 bits per heavy atom. The van der Waals surface area contributed by atoms with E-state index in [1.807, 2.05) is 78.3 Å². The summed E-state index contributed by atoms with van der Waals surface area (Å²) in [6, 6.07) is 25.7. The molecule has 5 aromatic rings. The van der Waals surface area contributed by atoms with Crippen LogP contribution in [0.15, 0.2) is 83.7 Å². The minimum absolute atomic E-state index is 0.116. The van der Waals surface area contributed by atoms with Gasteiger partial charge < -0.3 is 14.5 Å². The zero-order valence-corrected chi connectivity index (χ0v) is 23.1. The van der Waals surface area contributed by atoms with Crippen LogP contribution in [0.1, 0.15) is 48.8 Å². The minimum atomic E-state index is -0.134. The number of hydrogen-bond acceptors (Lipinski definition) is 7. The van der Waals surface area contributed by atoms with E-state index in [9.17, 15) is 4.79 Å². The molecule has 9 nitrogen and oxygen atoms in total. The number of rotatable bonds is 12. The zero-order valence-electron chi connectivity index (χ0n) is 23.1. The maximum Gasteiger partial charge on any atom is 0.252 e. The van der Waals surface area contributed by atoms with Gasteiger partial charge in [-0.15, -0.1) is 5.10 Å². The van der Waals surface area contributed by atoms with Crippen molar-refractivity contribution in [2.45, 2.75) is 45.9 Å². The van der Waals surface area contributed by atoms with Crippen molar-refractivity contribution < 1.29 is 9.47 Å². The molecule has 5 rings (SSSR count). The smallest absolute Gasteiger partial charge is 0.252 e. The zero-order chi connectivity index (χ0) is 27.9. The fraction of sp³-hybridized carbons (Fsp3) is 0.290. The van der Waals surface area contributed by atoms with Gasteiger partial charge in [-0.3, -0.25) is 9.69 Å². The number of pyridine rings is 1. The van der Waals surface area contributed by atoms with Gasteiger partial charge in [-0.25, -0.2) is 4.68 Å². The van der Waals surface area contributed by atoms with E-state index >= 15 is 0 Å². The summed E-state index contributed by atoms with van der Waals surface area (Å²) < 4.78 is 12.9. The average molecular weight is 539 g/mol. The van der Waals surface area contributed by atoms with Crippen molar-refractivity contribution in [1.29, 1.82) is 0 Å². The number of aromatic amines is 1. The first-order chi connectivity index (χ1) is 19.6. The fourth-order valence-corrected chi connectivity index (χ4v) is 4.99. The molecular weight excluding hydrogens is 504 g/mol. The number of ether oxygens (including phenoxy) is 2. The summed E-state index contributed by atoms with van der Waals surface area (Å²) in [4.78, 5) is 18.6. The summed E-state index contributed by atoms with van der Waals surface area (Å²) in [5.41, 5.74) is 3.53. The summed E-state index contributed by atoms with van der Waals surface area (Å²) in [6.07, 6.45) is 0.755. The van der Waals surface area contributed by atoms with Gasteiger partial charge in [0.2, 0.25) is 0 Å². The van der Waals surface area contributed by atoms with E-state index in [0.29, 0.717) is 31.8 Å². The second kappa shape index (κ2) is 12.6. The molecule has 0 amide bonds. The quantitative estimate of drug-likeness (QED) is 0.235. The molecule has 1 atom stereocenters. The summed E-state index contributed by atoms with van der Waals surface area (Å²) in [5.74, 6) is 2.33. The maximum absolute atomic E-state index is 13.2. The van der Waals surface area contributed by atoms with Gasteiger partial charge in [0.15, 0.2) is 5.82 Å². The standard InChI is InChI=1S/C31H34N6O3/c1-4-29(30-33-34-35-37(30)20-22-9-7-6-8-10-22)36(19-23-11-13-26(39-3)14-12-23)21-25-17-24-18-27(40-5-2)15-16-28(24)32-31(25)38/h6-18,29H,4-5,19-21H2,1-3H3,(H,32,38). The van der Waals surface area contributed by atoms with E-state index in [1.165, 1.54) is 0 Å². The van der Waals surface area contributed by atoms with E-state index in [0.717, 1.165) is 45.8 Å². The monoisotopic (exact) mass is 538 g/mol. The lowest BCUT2D eigenvalue weighted by molar-refractivity contribution is 0.161. The molecule has 9 heteroatoms. The van der Waals surface area contributed by atoms with Crippen molar-refractivity contribution in [2.24, 2.45) is 0 Å². The van der Waals surface area contributed by atoms with Gasteiger partial charge in [-0.05, 0) is 71.3 Å². The molecule has 0 aliphatic rings. The van der Waals surface area contributed by atoms with Crippen molar-refractivity contribution in [1.82, 2.24) is 30.1 Å². The molecule has 206 valence electrons. The molecule has 1 N–H and O–H groups in total. The Hall–Kier alpha value is -4.50. The van der Waals surface area contributed by atoms with Crippen LogP contribution in [0.2, 0.25) is 0 Å². The lowest BCUT2D eigenvalue weighted by atomic mass is 10.1. The lowest BCUT2D eigenvalue weighted by Gasteiger charge is -2.30. The van der Waals surface area contributed by atoms with E-state index < -0.39 is 0 Å². The third-order valence-electron chi connectivity index (χ3n) is 6.98. The minimum Gasteiger partial charge on any atom is -0.497 e. The summed E-state index contributed by atoms with van der Waals surface area (Å²) in [7, 11) is 1.66. The molecule has 0 aliphatic carbocycles. The van der Waals surface area contributed by atoms with Crippen LogP contribution in [0.4, 0.5) is 0 Å². The number of hydrogen-bond donors (Lipinski definition) is 1. The average Bonchev–Trinajstić information content (AvgIpc) is 3.42. The number of fused-ring (bicyclic) bond motifs is 1. The van der Waals surface area contributed by atoms with Crippen LogP contribution < -0.4 is 15.0 Å². The highest BCUT2D eigenvalue weighted by molar-refractivity contribution is 5.80. The van der Waals surface area contributed by atoms with E-state index in [1.54, 1.807) is 7.11 Å². The van der Waals surface area contributed by atoms with Crippen LogP contribution in [0, 0.1) is 0 Å². The fourth-order valence-electron chi connectivity index (χ4n) is 4.99. The van der Waals surface area contributed by atoms with Crippen molar-refractivity contribution >= 4 is 10.9 Å². The molecule has 0 fully saturated rings. The number of methoxy groups -OCH3 is 1. The van der Waals surface area contributed by atoms with Crippen LogP contribution in [0.25, 0.3) is 10.9 Å². The maximum atomic E-state index is 13.2. The van der Waals surface area contributed by atoms with Gasteiger partial charge in [0, 0.05) is 29.6 Å². The third-order valence-corrected chi connectivity index (χ3v) is 6.98. The summed E-state index contributed by atoms with van der Waals surface area (Å²) in [5, 5.41) is 13.7. The predicted molar refractivity (Wildman–Crippen MR) is 154 cm³/mol. The molecule has 0 saturated carbocycles. The Morgan fingerprint density at radius 2 is 1.70 bits per heavy atom. The molecule has 0 radical (unpaired) electrons. The number of H-pyrrole nitrogens is 1. The molecule has 2 aromatic heterocycles. The molecule has 0 bridgehead atoms. The topological polar surface area (TPSA) is 98.2 Å². The second-order valence-corrected chi connectivity index (χ2v) is 9.66. The number of benzene rings is 3. The Morgan fingerprint density at radius 1 is 0.925 bits per heavy atom. The van der Waals surface area contributed by atoms with Crippen LogP contribution in [0.3, 0.4) is 0 Å². The van der Waals surface area contributed by atoms with Gasteiger partial charge in [0.25, 0.3) is 5.56 Å². The summed E-state index contributed by atoms with van der Waals surface area (Å²) >= 11 is 0. The van der Waals surface area contributed by atoms with Gasteiger partial charge in [0.05, 0.1) is 26.3 Å². The van der Waals surface area contributed by atoms with E-state index in [-0.39, 0.29) is 11.6 Å². The molecule has 3 aromatic carbocycles. The van der Waals surface area contributed by atoms with Crippen LogP contribution in [-0.2, 0) is 19.6 Å². The highest BCUT2D eigenvalue weighted by atomic mass is 16.5. The van der Waals surface area contributed by atoms with Crippen molar-refractivity contribution in [3.05, 3.63) is 112 Å². The largest absolute Gasteiger partial charge is 0.497 e. The first-order valence-corrected chi connectivity index (χ1v) is 13.5. The molecular formula is C31H34N6O3. The molecule has 2 heterocycles. The van der Waals surface area contributed by atoms with Crippen LogP contribution in [0.5, 0.6) is 11.5 Å². The van der Waals surface area contributed by atoms with Gasteiger partial charge in [-0.1, -0.05) is 49.4 Å². The highest BCUT2D eigenvalue weighted by Gasteiger charge is 2.26. The Kier molecular flexibility index (Phi) is 8.51. The van der Waals surface area contributed by atoms with Gasteiger partial charge in [0.1, 0.15) is 11.5 Å². The van der Waals surface area contributed by atoms with Gasteiger partial charge >= 0.3 is 0 Å². The summed E-state index contributed by atoms with van der Waals surface area (Å²) in [6.45, 7) is 6.21. The SMILES string of the molecule is CCOc1ccc2[nH]c(=O)c(CN(Cc3ccc(OC)cc3)C(CC)c3nnnn3Cc3ccccc3)cc2c1. The first kappa shape index (κ1) is 27.1. The molecule has 0 spiro atoms. The van der Waals surface area contributed by atoms with E-state index in [2.05, 4.69) is 44.5 Å². The number of nitrogens with zero attached hydrogens (tertiary/aromatic N) is 5. The highest BCUT2D eigenvalue weighted by Crippen LogP contribution is 2.28. The third kappa shape index (κ3) is 6.21. The van der Waals surface area contributed by atoms with Crippen molar-refractivity contribution in [3.63, 3.8) is 0 Å². The number of aromatic nitrogens is 5. The number of tetrazole rings is 1. The molecule has 40 heavy (non-hydrogen) atoms. The van der Waals surface area contributed by atoms with E-state index in [4.69, 9.17) is 9.47 Å². The van der Waals surface area contributed by atoms with Crippen molar-refractivity contribution in [2.75, 3.05) is 13.7 Å².